The number of rotatable bonds is 3. The third-order valence-corrected chi connectivity index (χ3v) is 4.23. The summed E-state index contributed by atoms with van der Waals surface area (Å²) in [6.45, 7) is 0.0630. The Bertz CT molecular complexity index is 923. The second kappa shape index (κ2) is 6.49. The molecule has 0 aliphatic heterocycles. The van der Waals surface area contributed by atoms with Gasteiger partial charge in [0.2, 0.25) is 0 Å². The van der Waals surface area contributed by atoms with Crippen LogP contribution in [0.1, 0.15) is 11.7 Å². The van der Waals surface area contributed by atoms with Gasteiger partial charge in [0.25, 0.3) is 5.56 Å². The second-order valence-electron chi connectivity index (χ2n) is 5.05. The highest BCUT2D eigenvalue weighted by molar-refractivity contribution is 6.38. The molecule has 3 aromatic rings. The van der Waals surface area contributed by atoms with Crippen LogP contribution >= 0.6 is 34.8 Å². The third-order valence-electron chi connectivity index (χ3n) is 3.47. The van der Waals surface area contributed by atoms with Crippen LogP contribution < -0.4 is 5.56 Å². The van der Waals surface area contributed by atoms with Gasteiger partial charge in [0.1, 0.15) is 0 Å². The molecule has 0 radical (unpaired) electrons. The zero-order chi connectivity index (χ0) is 16.6. The van der Waals surface area contributed by atoms with Gasteiger partial charge in [-0.3, -0.25) is 9.36 Å². The highest BCUT2D eigenvalue weighted by Crippen LogP contribution is 2.24. The van der Waals surface area contributed by atoms with E-state index < -0.39 is 6.10 Å². The molecule has 0 spiro atoms. The zero-order valence-corrected chi connectivity index (χ0v) is 14.0. The molecule has 1 N–H and O–H groups in total. The number of aliphatic hydroxyl groups excluding tert-OH is 1. The van der Waals surface area contributed by atoms with E-state index in [0.29, 0.717) is 31.5 Å². The van der Waals surface area contributed by atoms with Crippen LogP contribution in [0.4, 0.5) is 0 Å². The van der Waals surface area contributed by atoms with Crippen LogP contribution in [-0.2, 0) is 6.54 Å². The van der Waals surface area contributed by atoms with Gasteiger partial charge in [-0.05, 0) is 29.8 Å². The van der Waals surface area contributed by atoms with Gasteiger partial charge in [0.05, 0.1) is 34.9 Å². The van der Waals surface area contributed by atoms with Crippen LogP contribution in [0, 0.1) is 0 Å². The molecule has 7 heteroatoms. The van der Waals surface area contributed by atoms with Crippen LogP contribution in [0.15, 0.2) is 47.5 Å². The zero-order valence-electron chi connectivity index (χ0n) is 11.7. The molecule has 1 heterocycles. The van der Waals surface area contributed by atoms with E-state index in [2.05, 4.69) is 4.98 Å². The van der Waals surface area contributed by atoms with Gasteiger partial charge in [-0.1, -0.05) is 46.9 Å². The Morgan fingerprint density at radius 2 is 1.78 bits per heavy atom. The monoisotopic (exact) mass is 368 g/mol. The van der Waals surface area contributed by atoms with E-state index in [9.17, 15) is 9.90 Å². The molecule has 0 saturated carbocycles. The van der Waals surface area contributed by atoms with Crippen molar-refractivity contribution < 1.29 is 5.11 Å². The summed E-state index contributed by atoms with van der Waals surface area (Å²) in [7, 11) is 0. The molecule has 0 amide bonds. The second-order valence-corrected chi connectivity index (χ2v) is 6.33. The molecule has 1 atom stereocenters. The molecule has 23 heavy (non-hydrogen) atoms. The summed E-state index contributed by atoms with van der Waals surface area (Å²) >= 11 is 17.8. The van der Waals surface area contributed by atoms with Gasteiger partial charge in [0.15, 0.2) is 0 Å². The van der Waals surface area contributed by atoms with Gasteiger partial charge in [-0.2, -0.15) is 0 Å². The minimum absolute atomic E-state index is 0.0630. The maximum Gasteiger partial charge on any atom is 0.261 e. The fourth-order valence-electron chi connectivity index (χ4n) is 2.30. The molecule has 0 fully saturated rings. The molecule has 1 unspecified atom stereocenters. The predicted molar refractivity (Wildman–Crippen MR) is 92.4 cm³/mol. The van der Waals surface area contributed by atoms with Crippen molar-refractivity contribution in [2.75, 3.05) is 0 Å². The summed E-state index contributed by atoms with van der Waals surface area (Å²) in [4.78, 5) is 16.7. The molecule has 1 aromatic heterocycles. The van der Waals surface area contributed by atoms with E-state index in [-0.39, 0.29) is 12.1 Å². The fraction of sp³-hybridized carbons (Fsp3) is 0.125. The van der Waals surface area contributed by atoms with Crippen LogP contribution in [-0.4, -0.2) is 14.7 Å². The summed E-state index contributed by atoms with van der Waals surface area (Å²) in [5.41, 5.74) is 0.733. The minimum atomic E-state index is -0.862. The lowest BCUT2D eigenvalue weighted by Crippen LogP contribution is -2.23. The lowest BCUT2D eigenvalue weighted by molar-refractivity contribution is 0.155. The fourth-order valence-corrected chi connectivity index (χ4v) is 2.97. The number of benzene rings is 2. The van der Waals surface area contributed by atoms with E-state index in [1.54, 1.807) is 24.3 Å². The van der Waals surface area contributed by atoms with Gasteiger partial charge in [-0.25, -0.2) is 4.98 Å². The summed E-state index contributed by atoms with van der Waals surface area (Å²) in [5.74, 6) is 0. The number of nitrogens with zero attached hydrogens (tertiary/aromatic N) is 2. The Morgan fingerprint density at radius 3 is 2.48 bits per heavy atom. The van der Waals surface area contributed by atoms with Crippen molar-refractivity contribution in [2.45, 2.75) is 12.6 Å². The quantitative estimate of drug-likeness (QED) is 0.756. The Balaban J connectivity index is 1.99. The largest absolute Gasteiger partial charge is 0.387 e. The minimum Gasteiger partial charge on any atom is -0.387 e. The van der Waals surface area contributed by atoms with Crippen molar-refractivity contribution in [1.82, 2.24) is 9.55 Å². The summed E-state index contributed by atoms with van der Waals surface area (Å²) in [6.07, 6.45) is 0.503. The Kier molecular flexibility index (Phi) is 4.60. The van der Waals surface area contributed by atoms with Crippen molar-refractivity contribution in [3.05, 3.63) is 73.7 Å². The standard InChI is InChI=1S/C16H11Cl3N2O2/c17-10-3-1-9(2-4-10)14(22)7-21-8-20-15-12(16(21)23)5-11(18)6-13(15)19/h1-6,8,14,22H,7H2. The lowest BCUT2D eigenvalue weighted by Gasteiger charge is -2.13. The Morgan fingerprint density at radius 1 is 1.09 bits per heavy atom. The molecule has 2 aromatic carbocycles. The number of hydrogen-bond acceptors (Lipinski definition) is 3. The highest BCUT2D eigenvalue weighted by Gasteiger charge is 2.13. The van der Waals surface area contributed by atoms with Gasteiger partial charge < -0.3 is 5.11 Å². The maximum absolute atomic E-state index is 12.5. The van der Waals surface area contributed by atoms with Gasteiger partial charge in [0, 0.05) is 10.0 Å². The number of fused-ring (bicyclic) bond motifs is 1. The molecule has 3 rings (SSSR count). The van der Waals surface area contributed by atoms with Gasteiger partial charge in [-0.15, -0.1) is 0 Å². The normalized spacial score (nSPS) is 12.5. The van der Waals surface area contributed by atoms with Crippen molar-refractivity contribution >= 4 is 45.7 Å². The first kappa shape index (κ1) is 16.3. The van der Waals surface area contributed by atoms with Crippen molar-refractivity contribution in [1.29, 1.82) is 0 Å². The van der Waals surface area contributed by atoms with Crippen molar-refractivity contribution in [3.63, 3.8) is 0 Å². The number of hydrogen-bond donors (Lipinski definition) is 1. The van der Waals surface area contributed by atoms with Crippen LogP contribution in [0.25, 0.3) is 10.9 Å². The van der Waals surface area contributed by atoms with Crippen LogP contribution in [0.2, 0.25) is 15.1 Å². The molecular formula is C16H11Cl3N2O2. The Hall–Kier alpha value is -1.59. The molecule has 0 saturated heterocycles. The Labute approximate surface area is 146 Å². The highest BCUT2D eigenvalue weighted by atomic mass is 35.5. The van der Waals surface area contributed by atoms with E-state index in [4.69, 9.17) is 34.8 Å². The van der Waals surface area contributed by atoms with Crippen LogP contribution in [0.5, 0.6) is 0 Å². The van der Waals surface area contributed by atoms with Crippen molar-refractivity contribution in [3.8, 4) is 0 Å². The molecule has 0 aliphatic rings. The first-order chi connectivity index (χ1) is 11.0. The van der Waals surface area contributed by atoms with E-state index in [1.165, 1.54) is 23.0 Å². The molecule has 0 bridgehead atoms. The maximum atomic E-state index is 12.5. The predicted octanol–water partition coefficient (Wildman–Crippen LogP) is 4.09. The molecule has 4 nitrogen and oxygen atoms in total. The SMILES string of the molecule is O=c1c2cc(Cl)cc(Cl)c2ncn1CC(O)c1ccc(Cl)cc1. The summed E-state index contributed by atoms with van der Waals surface area (Å²) in [6, 6.07) is 9.83. The topological polar surface area (TPSA) is 55.1 Å². The van der Waals surface area contributed by atoms with E-state index >= 15 is 0 Å². The summed E-state index contributed by atoms with van der Waals surface area (Å²) < 4.78 is 1.33. The molecule has 0 aliphatic carbocycles. The smallest absolute Gasteiger partial charge is 0.261 e. The molecular weight excluding hydrogens is 359 g/mol. The first-order valence-corrected chi connectivity index (χ1v) is 7.87. The average molecular weight is 370 g/mol. The lowest BCUT2D eigenvalue weighted by atomic mass is 10.1. The van der Waals surface area contributed by atoms with Gasteiger partial charge >= 0.3 is 0 Å². The van der Waals surface area contributed by atoms with Crippen molar-refractivity contribution in [2.24, 2.45) is 0 Å². The number of aromatic nitrogens is 2. The van der Waals surface area contributed by atoms with E-state index in [1.807, 2.05) is 0 Å². The molecule has 118 valence electrons. The number of aliphatic hydroxyl groups is 1. The van der Waals surface area contributed by atoms with Crippen LogP contribution in [0.3, 0.4) is 0 Å². The third kappa shape index (κ3) is 3.35. The first-order valence-electron chi connectivity index (χ1n) is 6.73. The van der Waals surface area contributed by atoms with E-state index in [0.717, 1.165) is 0 Å². The average Bonchev–Trinajstić information content (AvgIpc) is 2.51. The number of halogens is 3. The summed E-state index contributed by atoms with van der Waals surface area (Å²) in [5, 5.41) is 11.9.